The molecule has 0 spiro atoms. The van der Waals surface area contributed by atoms with Crippen molar-refractivity contribution in [2.45, 2.75) is 52.4 Å². The van der Waals surface area contributed by atoms with Crippen molar-refractivity contribution in [3.63, 3.8) is 0 Å². The summed E-state index contributed by atoms with van der Waals surface area (Å²) in [5.41, 5.74) is 4.47. The Labute approximate surface area is 156 Å². The molecule has 2 heterocycles. The van der Waals surface area contributed by atoms with Gasteiger partial charge in [-0.1, -0.05) is 32.1 Å². The molecule has 1 amide bonds. The van der Waals surface area contributed by atoms with E-state index in [1.807, 2.05) is 12.4 Å². The summed E-state index contributed by atoms with van der Waals surface area (Å²) in [4.78, 5) is 16.2. The molecule has 3 heteroatoms. The Morgan fingerprint density at radius 3 is 2.81 bits per heavy atom. The smallest absolute Gasteiger partial charge is 0.224 e. The highest BCUT2D eigenvalue weighted by Gasteiger charge is 2.57. The van der Waals surface area contributed by atoms with E-state index in [2.05, 4.69) is 48.4 Å². The van der Waals surface area contributed by atoms with E-state index in [0.29, 0.717) is 18.3 Å². The first-order valence-electron chi connectivity index (χ1n) is 10.1. The molecule has 3 nitrogen and oxygen atoms in total. The summed E-state index contributed by atoms with van der Waals surface area (Å²) in [6.45, 7) is 4.89. The zero-order valence-electron chi connectivity index (χ0n) is 15.8. The van der Waals surface area contributed by atoms with Crippen LogP contribution in [0.15, 0.2) is 42.4 Å². The minimum Gasteiger partial charge on any atom is -0.330 e. The molecule has 4 aliphatic rings. The van der Waals surface area contributed by atoms with Gasteiger partial charge < -0.3 is 5.32 Å². The van der Waals surface area contributed by atoms with Gasteiger partial charge in [0, 0.05) is 29.9 Å². The average Bonchev–Trinajstić information content (AvgIpc) is 3.00. The fraction of sp³-hybridized carbons (Fsp3) is 0.565. The Kier molecular flexibility index (Phi) is 3.47. The van der Waals surface area contributed by atoms with E-state index < -0.39 is 0 Å². The topological polar surface area (TPSA) is 42.0 Å². The molecule has 0 radical (unpaired) electrons. The quantitative estimate of drug-likeness (QED) is 0.798. The van der Waals surface area contributed by atoms with Crippen LogP contribution in [0, 0.1) is 28.6 Å². The number of carbonyl (C=O) groups is 1. The van der Waals surface area contributed by atoms with Crippen LogP contribution in [0.5, 0.6) is 0 Å². The number of carbonyl (C=O) groups excluding carboxylic acids is 1. The van der Waals surface area contributed by atoms with E-state index in [1.165, 1.54) is 36.1 Å². The van der Waals surface area contributed by atoms with Crippen LogP contribution in [0.3, 0.4) is 0 Å². The minimum absolute atomic E-state index is 0.162. The molecule has 1 N–H and O–H groups in total. The molecule has 1 unspecified atom stereocenters. The summed E-state index contributed by atoms with van der Waals surface area (Å²) in [7, 11) is 0. The lowest BCUT2D eigenvalue weighted by Crippen LogP contribution is -2.52. The van der Waals surface area contributed by atoms with Crippen LogP contribution in [0.25, 0.3) is 5.57 Å². The van der Waals surface area contributed by atoms with E-state index in [4.69, 9.17) is 0 Å². The van der Waals surface area contributed by atoms with Gasteiger partial charge in [0.05, 0.1) is 0 Å². The predicted octanol–water partition coefficient (Wildman–Crippen LogP) is 4.72. The third kappa shape index (κ3) is 2.12. The zero-order valence-corrected chi connectivity index (χ0v) is 15.8. The first-order chi connectivity index (χ1) is 12.5. The van der Waals surface area contributed by atoms with Gasteiger partial charge in [-0.2, -0.15) is 0 Å². The highest BCUT2D eigenvalue weighted by Crippen LogP contribution is 2.65. The lowest BCUT2D eigenvalue weighted by molar-refractivity contribution is -0.124. The van der Waals surface area contributed by atoms with Crippen molar-refractivity contribution >= 4 is 11.5 Å². The lowest BCUT2D eigenvalue weighted by Gasteiger charge is -2.57. The second kappa shape index (κ2) is 5.55. The molecule has 1 saturated heterocycles. The number of nitrogens with one attached hydrogen (secondary N) is 1. The van der Waals surface area contributed by atoms with Gasteiger partial charge in [0.1, 0.15) is 0 Å². The maximum absolute atomic E-state index is 11.9. The van der Waals surface area contributed by atoms with E-state index in [0.717, 1.165) is 18.8 Å². The molecule has 0 aromatic carbocycles. The maximum Gasteiger partial charge on any atom is 0.224 e. The molecule has 136 valence electrons. The lowest BCUT2D eigenvalue weighted by atomic mass is 9.49. The van der Waals surface area contributed by atoms with E-state index >= 15 is 0 Å². The number of allylic oxidation sites excluding steroid dienone is 4. The van der Waals surface area contributed by atoms with Gasteiger partial charge in [-0.25, -0.2) is 0 Å². The van der Waals surface area contributed by atoms with E-state index in [9.17, 15) is 4.79 Å². The molecule has 1 aromatic heterocycles. The molecule has 1 saturated carbocycles. The van der Waals surface area contributed by atoms with Crippen LogP contribution in [0.4, 0.5) is 0 Å². The average molecular weight is 348 g/mol. The van der Waals surface area contributed by atoms with Gasteiger partial charge >= 0.3 is 0 Å². The van der Waals surface area contributed by atoms with Crippen molar-refractivity contribution in [3.05, 3.63) is 47.9 Å². The van der Waals surface area contributed by atoms with Crippen molar-refractivity contribution in [1.82, 2.24) is 10.3 Å². The fourth-order valence-corrected chi connectivity index (χ4v) is 6.73. The third-order valence-corrected chi connectivity index (χ3v) is 8.16. The van der Waals surface area contributed by atoms with Gasteiger partial charge in [0.25, 0.3) is 0 Å². The van der Waals surface area contributed by atoms with Crippen molar-refractivity contribution < 1.29 is 4.79 Å². The standard InChI is InChI=1S/C23H28N2O/c1-22-11-9-19-16(5-8-20-23(19,2)12-10-21(26)25-20)18(22)7-6-17(22)15-4-3-13-24-14-15/h3-4,6,8,13-14,16,18-19H,5,7,9-12H2,1-2H3,(H,25,26)/t16?,18-,19-,22+,23+/m0/s1. The summed E-state index contributed by atoms with van der Waals surface area (Å²) < 4.78 is 0. The van der Waals surface area contributed by atoms with Crippen LogP contribution < -0.4 is 5.32 Å². The van der Waals surface area contributed by atoms with Crippen LogP contribution in [-0.4, -0.2) is 10.9 Å². The molecular weight excluding hydrogens is 320 g/mol. The fourth-order valence-electron chi connectivity index (χ4n) is 6.73. The second-order valence-corrected chi connectivity index (χ2v) is 9.25. The van der Waals surface area contributed by atoms with Crippen molar-refractivity contribution in [2.75, 3.05) is 0 Å². The van der Waals surface area contributed by atoms with Gasteiger partial charge in [-0.15, -0.1) is 0 Å². The van der Waals surface area contributed by atoms with Gasteiger partial charge in [-0.05, 0) is 72.5 Å². The minimum atomic E-state index is 0.162. The van der Waals surface area contributed by atoms with Crippen molar-refractivity contribution in [1.29, 1.82) is 0 Å². The van der Waals surface area contributed by atoms with Crippen LogP contribution in [0.1, 0.15) is 57.9 Å². The normalized spacial score (nSPS) is 41.3. The summed E-state index contributed by atoms with van der Waals surface area (Å²) in [6.07, 6.45) is 15.2. The van der Waals surface area contributed by atoms with Crippen LogP contribution >= 0.6 is 0 Å². The molecule has 5 atom stereocenters. The summed E-state index contributed by atoms with van der Waals surface area (Å²) in [5, 5.41) is 3.20. The largest absolute Gasteiger partial charge is 0.330 e. The number of aromatic nitrogens is 1. The van der Waals surface area contributed by atoms with Crippen molar-refractivity contribution in [3.8, 4) is 0 Å². The molecule has 2 fully saturated rings. The molecule has 0 bridgehead atoms. The highest BCUT2D eigenvalue weighted by molar-refractivity contribution is 5.79. The third-order valence-electron chi connectivity index (χ3n) is 8.16. The Morgan fingerprint density at radius 1 is 1.12 bits per heavy atom. The Balaban J connectivity index is 1.49. The zero-order chi connectivity index (χ0) is 17.9. The molecule has 1 aromatic rings. The number of amides is 1. The Bertz CT molecular complexity index is 811. The number of piperidine rings is 1. The van der Waals surface area contributed by atoms with Crippen molar-refractivity contribution in [2.24, 2.45) is 28.6 Å². The maximum atomic E-state index is 11.9. The summed E-state index contributed by atoms with van der Waals surface area (Å²) in [5.74, 6) is 2.34. The van der Waals surface area contributed by atoms with E-state index in [1.54, 1.807) is 0 Å². The number of rotatable bonds is 1. The predicted molar refractivity (Wildman–Crippen MR) is 103 cm³/mol. The number of fused-ring (bicyclic) bond motifs is 5. The second-order valence-electron chi connectivity index (χ2n) is 9.25. The van der Waals surface area contributed by atoms with Gasteiger partial charge in [-0.3, -0.25) is 9.78 Å². The Hall–Kier alpha value is -1.90. The van der Waals surface area contributed by atoms with Gasteiger partial charge in [0.2, 0.25) is 5.91 Å². The monoisotopic (exact) mass is 348 g/mol. The summed E-state index contributed by atoms with van der Waals surface area (Å²) >= 11 is 0. The number of nitrogens with zero attached hydrogens (tertiary/aromatic N) is 1. The Morgan fingerprint density at radius 2 is 2.00 bits per heavy atom. The molecule has 1 aliphatic heterocycles. The highest BCUT2D eigenvalue weighted by atomic mass is 16.1. The molecule has 26 heavy (non-hydrogen) atoms. The molecule has 3 aliphatic carbocycles. The molecule has 5 rings (SSSR count). The summed E-state index contributed by atoms with van der Waals surface area (Å²) in [6, 6.07) is 4.27. The van der Waals surface area contributed by atoms with Crippen LogP contribution in [0.2, 0.25) is 0 Å². The molecular formula is C23H28N2O. The number of hydrogen-bond acceptors (Lipinski definition) is 2. The van der Waals surface area contributed by atoms with Crippen LogP contribution in [-0.2, 0) is 4.79 Å². The van der Waals surface area contributed by atoms with Gasteiger partial charge in [0.15, 0.2) is 0 Å². The first-order valence-corrected chi connectivity index (χ1v) is 10.1. The number of pyridine rings is 1. The van der Waals surface area contributed by atoms with E-state index in [-0.39, 0.29) is 16.7 Å². The number of hydrogen-bond donors (Lipinski definition) is 1. The first kappa shape index (κ1) is 16.3. The SMILES string of the molecule is C[C@]12CCC(=O)NC1=CCC1[C@@H]2CC[C@]2(C)C(c3cccnc3)=CC[C@@H]12.